The Bertz CT molecular complexity index is 328. The third-order valence-corrected chi connectivity index (χ3v) is 3.38. The third kappa shape index (κ3) is 3.85. The Hall–Kier alpha value is -0.450. The van der Waals surface area contributed by atoms with Crippen LogP contribution in [0.15, 0.2) is 5.38 Å². The Morgan fingerprint density at radius 3 is 2.50 bits per heavy atom. The Morgan fingerprint density at radius 1 is 1.44 bits per heavy atom. The number of thiazole rings is 1. The summed E-state index contributed by atoms with van der Waals surface area (Å²) in [5.41, 5.74) is 0.761. The van der Waals surface area contributed by atoms with Crippen molar-refractivity contribution in [2.45, 2.75) is 52.2 Å². The maximum Gasteiger partial charge on any atom is 0.120 e. The fourth-order valence-electron chi connectivity index (χ4n) is 1.15. The molecule has 0 aromatic carbocycles. The number of aromatic nitrogens is 1. The van der Waals surface area contributed by atoms with Gasteiger partial charge in [-0.25, -0.2) is 4.98 Å². The molecule has 0 fully saturated rings. The molecule has 0 spiro atoms. The highest BCUT2D eigenvalue weighted by Gasteiger charge is 2.20. The number of aliphatic hydroxyl groups is 1. The largest absolute Gasteiger partial charge is 0.384 e. The van der Waals surface area contributed by atoms with E-state index in [0.29, 0.717) is 6.61 Å². The van der Waals surface area contributed by atoms with E-state index >= 15 is 0 Å². The van der Waals surface area contributed by atoms with Crippen LogP contribution in [0.2, 0.25) is 0 Å². The van der Waals surface area contributed by atoms with Crippen molar-refractivity contribution in [3.05, 3.63) is 16.1 Å². The van der Waals surface area contributed by atoms with Gasteiger partial charge in [0.2, 0.25) is 0 Å². The summed E-state index contributed by atoms with van der Waals surface area (Å²) >= 11 is 1.59. The van der Waals surface area contributed by atoms with Gasteiger partial charge >= 0.3 is 0 Å². The molecule has 0 amide bonds. The topological polar surface area (TPSA) is 42.4 Å². The van der Waals surface area contributed by atoms with Crippen LogP contribution in [0.4, 0.5) is 0 Å². The predicted molar refractivity (Wildman–Crippen MR) is 66.9 cm³/mol. The van der Waals surface area contributed by atoms with Gasteiger partial charge in [0.05, 0.1) is 23.4 Å². The predicted octanol–water partition coefficient (Wildman–Crippen LogP) is 2.90. The number of nitrogens with zero attached hydrogens (tertiary/aromatic N) is 1. The number of ether oxygens (including phenoxy) is 1. The lowest BCUT2D eigenvalue weighted by atomic mass is 9.98. The summed E-state index contributed by atoms with van der Waals surface area (Å²) in [6.45, 7) is 10.6. The lowest BCUT2D eigenvalue weighted by Crippen LogP contribution is -2.14. The van der Waals surface area contributed by atoms with Crippen LogP contribution < -0.4 is 0 Å². The van der Waals surface area contributed by atoms with Gasteiger partial charge in [-0.05, 0) is 13.8 Å². The maximum atomic E-state index is 9.87. The molecule has 0 radical (unpaired) electrons. The zero-order chi connectivity index (χ0) is 12.3. The van der Waals surface area contributed by atoms with Crippen molar-refractivity contribution in [2.75, 3.05) is 6.61 Å². The molecule has 0 saturated heterocycles. The Morgan fingerprint density at radius 2 is 2.06 bits per heavy atom. The quantitative estimate of drug-likeness (QED) is 0.884. The first-order chi connectivity index (χ1) is 7.30. The highest BCUT2D eigenvalue weighted by molar-refractivity contribution is 7.09. The van der Waals surface area contributed by atoms with Gasteiger partial charge < -0.3 is 9.84 Å². The van der Waals surface area contributed by atoms with Crippen molar-refractivity contribution in [2.24, 2.45) is 0 Å². The van der Waals surface area contributed by atoms with Crippen molar-refractivity contribution >= 4 is 11.3 Å². The number of aliphatic hydroxyl groups excluding tert-OH is 1. The summed E-state index contributed by atoms with van der Waals surface area (Å²) in [4.78, 5) is 4.45. The van der Waals surface area contributed by atoms with Crippen LogP contribution >= 0.6 is 11.3 Å². The Balaban J connectivity index is 2.63. The molecule has 92 valence electrons. The molecule has 0 bridgehead atoms. The van der Waals surface area contributed by atoms with E-state index in [1.165, 1.54) is 0 Å². The summed E-state index contributed by atoms with van der Waals surface area (Å²) in [5, 5.41) is 12.8. The fraction of sp³-hybridized carbons (Fsp3) is 0.750. The van der Waals surface area contributed by atoms with E-state index in [0.717, 1.165) is 10.7 Å². The molecule has 0 aliphatic heterocycles. The van der Waals surface area contributed by atoms with Crippen molar-refractivity contribution in [3.63, 3.8) is 0 Å². The highest BCUT2D eigenvalue weighted by Crippen LogP contribution is 2.27. The van der Waals surface area contributed by atoms with Gasteiger partial charge in [0.1, 0.15) is 6.10 Å². The second-order valence-corrected chi connectivity index (χ2v) is 6.08. The van der Waals surface area contributed by atoms with E-state index in [1.807, 2.05) is 19.2 Å². The van der Waals surface area contributed by atoms with Crippen LogP contribution in [0.5, 0.6) is 0 Å². The lowest BCUT2D eigenvalue weighted by molar-refractivity contribution is 0.00341. The van der Waals surface area contributed by atoms with Gasteiger partial charge in [0.25, 0.3) is 0 Å². The zero-order valence-electron chi connectivity index (χ0n) is 10.7. The molecule has 1 unspecified atom stereocenters. The standard InChI is InChI=1S/C12H21NO2S/c1-8(2)15-6-10(14)9-7-16-11(13-9)12(3,4)5/h7-8,10,14H,6H2,1-5H3. The Labute approximate surface area is 101 Å². The smallest absolute Gasteiger partial charge is 0.120 e. The Kier molecular flexibility index (Phi) is 4.47. The number of hydrogen-bond acceptors (Lipinski definition) is 4. The first-order valence-corrected chi connectivity index (χ1v) is 6.44. The van der Waals surface area contributed by atoms with E-state index in [1.54, 1.807) is 11.3 Å². The zero-order valence-corrected chi connectivity index (χ0v) is 11.5. The summed E-state index contributed by atoms with van der Waals surface area (Å²) in [6.07, 6.45) is -0.481. The molecule has 0 aliphatic rings. The van der Waals surface area contributed by atoms with E-state index in [-0.39, 0.29) is 11.5 Å². The molecule has 4 heteroatoms. The first-order valence-electron chi connectivity index (χ1n) is 5.56. The normalized spacial score (nSPS) is 14.4. The van der Waals surface area contributed by atoms with Crippen LogP contribution in [-0.2, 0) is 10.2 Å². The molecule has 1 heterocycles. The minimum absolute atomic E-state index is 0.0432. The molecule has 1 N–H and O–H groups in total. The molecule has 0 saturated carbocycles. The molecule has 1 atom stereocenters. The summed E-state index contributed by atoms with van der Waals surface area (Å²) in [5.74, 6) is 0. The molecule has 1 rings (SSSR count). The van der Waals surface area contributed by atoms with Gasteiger partial charge in [0.15, 0.2) is 0 Å². The van der Waals surface area contributed by atoms with Gasteiger partial charge in [-0.1, -0.05) is 20.8 Å². The van der Waals surface area contributed by atoms with E-state index < -0.39 is 6.10 Å². The van der Waals surface area contributed by atoms with Crippen LogP contribution in [0.1, 0.15) is 51.4 Å². The summed E-state index contributed by atoms with van der Waals surface area (Å²) in [6, 6.07) is 0. The van der Waals surface area contributed by atoms with Crippen LogP contribution in [-0.4, -0.2) is 22.8 Å². The maximum absolute atomic E-state index is 9.87. The highest BCUT2D eigenvalue weighted by atomic mass is 32.1. The minimum atomic E-state index is -0.616. The molecule has 0 aliphatic carbocycles. The van der Waals surface area contributed by atoms with Crippen LogP contribution in [0.3, 0.4) is 0 Å². The van der Waals surface area contributed by atoms with Crippen LogP contribution in [0, 0.1) is 0 Å². The van der Waals surface area contributed by atoms with Crippen molar-refractivity contribution < 1.29 is 9.84 Å². The fourth-order valence-corrected chi connectivity index (χ4v) is 2.11. The average molecular weight is 243 g/mol. The molecular weight excluding hydrogens is 222 g/mol. The number of hydrogen-bond donors (Lipinski definition) is 1. The molecule has 3 nitrogen and oxygen atoms in total. The van der Waals surface area contributed by atoms with E-state index in [2.05, 4.69) is 25.8 Å². The second kappa shape index (κ2) is 5.25. The molecule has 1 aromatic rings. The summed E-state index contributed by atoms with van der Waals surface area (Å²) < 4.78 is 5.37. The van der Waals surface area contributed by atoms with E-state index in [4.69, 9.17) is 4.74 Å². The molecular formula is C12H21NO2S. The molecule has 16 heavy (non-hydrogen) atoms. The van der Waals surface area contributed by atoms with Crippen molar-refractivity contribution in [3.8, 4) is 0 Å². The lowest BCUT2D eigenvalue weighted by Gasteiger charge is -2.14. The minimum Gasteiger partial charge on any atom is -0.384 e. The monoisotopic (exact) mass is 243 g/mol. The third-order valence-electron chi connectivity index (χ3n) is 2.09. The first kappa shape index (κ1) is 13.6. The van der Waals surface area contributed by atoms with E-state index in [9.17, 15) is 5.11 Å². The van der Waals surface area contributed by atoms with Gasteiger partial charge in [-0.2, -0.15) is 0 Å². The molecule has 1 aromatic heterocycles. The van der Waals surface area contributed by atoms with Crippen molar-refractivity contribution in [1.29, 1.82) is 0 Å². The van der Waals surface area contributed by atoms with Gasteiger partial charge in [-0.15, -0.1) is 11.3 Å². The summed E-state index contributed by atoms with van der Waals surface area (Å²) in [7, 11) is 0. The SMILES string of the molecule is CC(C)OCC(O)c1csc(C(C)(C)C)n1. The van der Waals surface area contributed by atoms with Gasteiger partial charge in [0, 0.05) is 10.8 Å². The number of rotatable bonds is 4. The van der Waals surface area contributed by atoms with Gasteiger partial charge in [-0.3, -0.25) is 0 Å². The van der Waals surface area contributed by atoms with Crippen molar-refractivity contribution in [1.82, 2.24) is 4.98 Å². The average Bonchev–Trinajstić information content (AvgIpc) is 2.61. The second-order valence-electron chi connectivity index (χ2n) is 5.23. The van der Waals surface area contributed by atoms with Crippen LogP contribution in [0.25, 0.3) is 0 Å².